The van der Waals surface area contributed by atoms with Crippen molar-refractivity contribution in [1.29, 1.82) is 0 Å². The van der Waals surface area contributed by atoms with Crippen LogP contribution < -0.4 is 5.32 Å². The van der Waals surface area contributed by atoms with Crippen LogP contribution in [0.3, 0.4) is 0 Å². The van der Waals surface area contributed by atoms with Crippen LogP contribution in [0.4, 0.5) is 5.69 Å². The van der Waals surface area contributed by atoms with Gasteiger partial charge in [0.25, 0.3) is 0 Å². The molecule has 0 bridgehead atoms. The van der Waals surface area contributed by atoms with Crippen LogP contribution in [0.15, 0.2) is 54.9 Å². The number of aliphatic hydroxyl groups is 1. The Hall–Kier alpha value is -2.95. The number of nitrogens with zero attached hydrogens (tertiary/aromatic N) is 2. The fraction of sp³-hybridized carbons (Fsp3) is 0.393. The summed E-state index contributed by atoms with van der Waals surface area (Å²) < 4.78 is 14.4. The average molecular weight is 576 g/mol. The molecule has 2 heterocycles. The molecule has 9 nitrogen and oxygen atoms in total. The number of carboxylic acids is 1. The Bertz CT molecular complexity index is 1250. The molecule has 0 spiro atoms. The second kappa shape index (κ2) is 13.9. The van der Waals surface area contributed by atoms with Gasteiger partial charge < -0.3 is 29.6 Å². The quantitative estimate of drug-likeness (QED) is 0.230. The Morgan fingerprint density at radius 1 is 0.974 bits per heavy atom. The number of rotatable bonds is 12. The molecule has 1 aromatic heterocycles. The predicted octanol–water partition coefficient (Wildman–Crippen LogP) is 5.90. The maximum absolute atomic E-state index is 12.3. The van der Waals surface area contributed by atoms with E-state index in [1.807, 2.05) is 36.4 Å². The third kappa shape index (κ3) is 8.27. The number of aliphatic carboxylic acids is 1. The van der Waals surface area contributed by atoms with Crippen molar-refractivity contribution in [3.8, 4) is 0 Å². The van der Waals surface area contributed by atoms with Crippen LogP contribution in [-0.2, 0) is 32.2 Å². The summed E-state index contributed by atoms with van der Waals surface area (Å²) >= 11 is 12.3. The van der Waals surface area contributed by atoms with Gasteiger partial charge >= 0.3 is 5.97 Å². The zero-order valence-electron chi connectivity index (χ0n) is 21.3. The van der Waals surface area contributed by atoms with E-state index in [0.717, 1.165) is 16.7 Å². The van der Waals surface area contributed by atoms with Gasteiger partial charge in [-0.2, -0.15) is 0 Å². The first-order valence-electron chi connectivity index (χ1n) is 12.8. The second-order valence-electron chi connectivity index (χ2n) is 9.45. The van der Waals surface area contributed by atoms with Gasteiger partial charge in [0.1, 0.15) is 5.15 Å². The molecule has 0 unspecified atom stereocenters. The van der Waals surface area contributed by atoms with Gasteiger partial charge in [0.2, 0.25) is 5.91 Å². The Labute approximate surface area is 236 Å². The number of anilines is 1. The Kier molecular flexibility index (Phi) is 10.4. The van der Waals surface area contributed by atoms with Gasteiger partial charge in [0.15, 0.2) is 11.4 Å². The van der Waals surface area contributed by atoms with E-state index in [1.165, 1.54) is 0 Å². The van der Waals surface area contributed by atoms with Gasteiger partial charge in [0, 0.05) is 30.5 Å². The highest BCUT2D eigenvalue weighted by Gasteiger charge is 2.33. The summed E-state index contributed by atoms with van der Waals surface area (Å²) in [6, 6.07) is 14.9. The topological polar surface area (TPSA) is 123 Å². The number of ether oxygens (including phenoxy) is 2. The largest absolute Gasteiger partial charge is 0.481 e. The Balaban J connectivity index is 1.42. The molecule has 0 radical (unpaired) electrons. The number of amides is 1. The molecule has 1 aliphatic rings. The van der Waals surface area contributed by atoms with Crippen molar-refractivity contribution >= 4 is 40.8 Å². The number of carboxylic acid groups (broad SMARTS) is 1. The standard InChI is InChI=1S/C28H31Cl2N3O6/c29-26-27(30)33(17-31-26)15-22-14-23(19-8-6-18(16-34)7-9-19)39-28(38-22)20-10-12-21(13-11-20)32-24(35)4-2-1-3-5-25(36)37/h6-13,17,22-23,28,34H,1-5,14-16H2,(H,32,35)(H,36,37)/t22-,23+,28+/m1/s1. The zero-order chi connectivity index (χ0) is 27.8. The van der Waals surface area contributed by atoms with Crippen LogP contribution in [0.5, 0.6) is 0 Å². The number of hydrogen-bond donors (Lipinski definition) is 3. The van der Waals surface area contributed by atoms with Gasteiger partial charge in [-0.25, -0.2) is 4.98 Å². The third-order valence-corrected chi connectivity index (χ3v) is 7.28. The fourth-order valence-corrected chi connectivity index (χ4v) is 4.72. The van der Waals surface area contributed by atoms with Crippen molar-refractivity contribution in [2.24, 2.45) is 0 Å². The van der Waals surface area contributed by atoms with Crippen LogP contribution in [0, 0.1) is 0 Å². The molecule has 39 heavy (non-hydrogen) atoms. The van der Waals surface area contributed by atoms with E-state index in [-0.39, 0.29) is 36.3 Å². The fourth-order valence-electron chi connectivity index (χ4n) is 4.41. The number of carbonyl (C=O) groups excluding carboxylic acids is 1. The Morgan fingerprint density at radius 2 is 1.67 bits per heavy atom. The molecular weight excluding hydrogens is 545 g/mol. The van der Waals surface area contributed by atoms with Crippen LogP contribution >= 0.6 is 23.2 Å². The highest BCUT2D eigenvalue weighted by molar-refractivity contribution is 6.40. The summed E-state index contributed by atoms with van der Waals surface area (Å²) in [5, 5.41) is 21.5. The molecular formula is C28H31Cl2N3O6. The highest BCUT2D eigenvalue weighted by Crippen LogP contribution is 2.39. The first kappa shape index (κ1) is 29.0. The van der Waals surface area contributed by atoms with Gasteiger partial charge in [0.05, 0.1) is 31.7 Å². The molecule has 4 rings (SSSR count). The molecule has 0 saturated carbocycles. The average Bonchev–Trinajstić information content (AvgIpc) is 3.25. The number of unbranched alkanes of at least 4 members (excludes halogenated alkanes) is 2. The molecule has 1 fully saturated rings. The molecule has 0 aliphatic carbocycles. The maximum Gasteiger partial charge on any atom is 0.303 e. The molecule has 1 amide bonds. The summed E-state index contributed by atoms with van der Waals surface area (Å²) in [6.45, 7) is 0.401. The predicted molar refractivity (Wildman–Crippen MR) is 146 cm³/mol. The number of nitrogens with one attached hydrogen (secondary N) is 1. The van der Waals surface area contributed by atoms with Crippen molar-refractivity contribution in [3.63, 3.8) is 0 Å². The number of imidazole rings is 1. The first-order valence-corrected chi connectivity index (χ1v) is 13.6. The minimum Gasteiger partial charge on any atom is -0.481 e. The number of halogens is 2. The van der Waals surface area contributed by atoms with E-state index in [9.17, 15) is 14.7 Å². The molecule has 11 heteroatoms. The summed E-state index contributed by atoms with van der Waals surface area (Å²) in [7, 11) is 0. The number of hydrogen-bond acceptors (Lipinski definition) is 6. The van der Waals surface area contributed by atoms with Crippen molar-refractivity contribution < 1.29 is 29.3 Å². The Morgan fingerprint density at radius 3 is 2.31 bits per heavy atom. The van der Waals surface area contributed by atoms with Crippen molar-refractivity contribution in [3.05, 3.63) is 81.9 Å². The van der Waals surface area contributed by atoms with Gasteiger partial charge in [-0.1, -0.05) is 66.0 Å². The van der Waals surface area contributed by atoms with Crippen molar-refractivity contribution in [2.45, 2.75) is 70.2 Å². The van der Waals surface area contributed by atoms with Gasteiger partial charge in [-0.3, -0.25) is 9.59 Å². The molecule has 3 aromatic rings. The van der Waals surface area contributed by atoms with Crippen molar-refractivity contribution in [2.75, 3.05) is 5.32 Å². The normalized spacial score (nSPS) is 19.1. The van der Waals surface area contributed by atoms with E-state index in [0.29, 0.717) is 49.5 Å². The molecule has 208 valence electrons. The molecule has 2 aromatic carbocycles. The van der Waals surface area contributed by atoms with Crippen LogP contribution in [0.1, 0.15) is 67.6 Å². The van der Waals surface area contributed by atoms with Crippen LogP contribution in [0.2, 0.25) is 10.3 Å². The van der Waals surface area contributed by atoms with Crippen LogP contribution in [-0.4, -0.2) is 37.7 Å². The summed E-state index contributed by atoms with van der Waals surface area (Å²) in [4.78, 5) is 26.9. The van der Waals surface area contributed by atoms with Gasteiger partial charge in [-0.15, -0.1) is 0 Å². The third-order valence-electron chi connectivity index (χ3n) is 6.51. The monoisotopic (exact) mass is 575 g/mol. The van der Waals surface area contributed by atoms with E-state index in [4.69, 9.17) is 37.8 Å². The SMILES string of the molecule is O=C(O)CCCCCC(=O)Nc1ccc([C@H]2O[C@@H](Cn3cnc(Cl)c3Cl)C[C@@H](c3ccc(CO)cc3)O2)cc1. The van der Waals surface area contributed by atoms with E-state index in [2.05, 4.69) is 10.3 Å². The van der Waals surface area contributed by atoms with Gasteiger partial charge in [-0.05, 0) is 36.1 Å². The summed E-state index contributed by atoms with van der Waals surface area (Å²) in [5.74, 6) is -0.941. The lowest BCUT2D eigenvalue weighted by atomic mass is 10.00. The minimum absolute atomic E-state index is 0.0341. The molecule has 3 atom stereocenters. The maximum atomic E-state index is 12.3. The molecule has 1 saturated heterocycles. The molecule has 3 N–H and O–H groups in total. The number of carbonyl (C=O) groups is 2. The highest BCUT2D eigenvalue weighted by atomic mass is 35.5. The second-order valence-corrected chi connectivity index (χ2v) is 10.2. The number of benzene rings is 2. The van der Waals surface area contributed by atoms with E-state index in [1.54, 1.807) is 23.0 Å². The number of aromatic nitrogens is 2. The van der Waals surface area contributed by atoms with Crippen LogP contribution in [0.25, 0.3) is 0 Å². The lowest BCUT2D eigenvalue weighted by molar-refractivity contribution is -0.252. The zero-order valence-corrected chi connectivity index (χ0v) is 22.8. The van der Waals surface area contributed by atoms with E-state index < -0.39 is 12.3 Å². The first-order chi connectivity index (χ1) is 18.8. The minimum atomic E-state index is -0.822. The summed E-state index contributed by atoms with van der Waals surface area (Å²) in [6.07, 6.45) is 3.30. The lowest BCUT2D eigenvalue weighted by Gasteiger charge is -2.36. The molecule has 1 aliphatic heterocycles. The van der Waals surface area contributed by atoms with E-state index >= 15 is 0 Å². The lowest BCUT2D eigenvalue weighted by Crippen LogP contribution is -2.32. The number of aliphatic hydroxyl groups excluding tert-OH is 1. The summed E-state index contributed by atoms with van der Waals surface area (Å²) in [5.41, 5.74) is 3.22. The van der Waals surface area contributed by atoms with Crippen molar-refractivity contribution in [1.82, 2.24) is 9.55 Å². The smallest absolute Gasteiger partial charge is 0.303 e.